The van der Waals surface area contributed by atoms with Crippen molar-refractivity contribution < 1.29 is 4.79 Å². The van der Waals surface area contributed by atoms with Gasteiger partial charge in [-0.25, -0.2) is 9.97 Å². The van der Waals surface area contributed by atoms with Crippen LogP contribution in [0.3, 0.4) is 0 Å². The Labute approximate surface area is 102 Å². The third-order valence-electron chi connectivity index (χ3n) is 2.16. The van der Waals surface area contributed by atoms with Gasteiger partial charge in [-0.2, -0.15) is 0 Å². The number of H-pyrrole nitrogens is 1. The van der Waals surface area contributed by atoms with Gasteiger partial charge in [0.1, 0.15) is 16.5 Å². The number of thiazole rings is 1. The molecule has 0 aliphatic heterocycles. The standard InChI is InChI=1S/C10H13N5OS/c11-5-9-15-7(6-17-9)10(16)14-2-1-8-12-3-4-13-8/h3-4,6H,1-2,5,11H2,(H,12,13)(H,14,16). The topological polar surface area (TPSA) is 96.7 Å². The molecular formula is C10H13N5OS. The molecule has 17 heavy (non-hydrogen) atoms. The maximum Gasteiger partial charge on any atom is 0.270 e. The number of imidazole rings is 1. The molecule has 0 saturated heterocycles. The first-order valence-electron chi connectivity index (χ1n) is 5.20. The van der Waals surface area contributed by atoms with Gasteiger partial charge < -0.3 is 16.0 Å². The van der Waals surface area contributed by atoms with E-state index in [1.807, 2.05) is 0 Å². The van der Waals surface area contributed by atoms with Crippen molar-refractivity contribution in [2.45, 2.75) is 13.0 Å². The number of amides is 1. The van der Waals surface area contributed by atoms with Crippen LogP contribution >= 0.6 is 11.3 Å². The average molecular weight is 251 g/mol. The summed E-state index contributed by atoms with van der Waals surface area (Å²) in [5, 5.41) is 5.26. The molecule has 90 valence electrons. The zero-order valence-corrected chi connectivity index (χ0v) is 9.96. The van der Waals surface area contributed by atoms with Gasteiger partial charge in [0, 0.05) is 37.3 Å². The summed E-state index contributed by atoms with van der Waals surface area (Å²) in [5.74, 6) is 0.679. The van der Waals surface area contributed by atoms with E-state index in [-0.39, 0.29) is 5.91 Å². The van der Waals surface area contributed by atoms with E-state index in [4.69, 9.17) is 5.73 Å². The molecule has 2 aromatic rings. The minimum atomic E-state index is -0.174. The summed E-state index contributed by atoms with van der Waals surface area (Å²) in [5.41, 5.74) is 5.86. The molecule has 0 saturated carbocycles. The first-order valence-corrected chi connectivity index (χ1v) is 6.08. The van der Waals surface area contributed by atoms with Crippen molar-refractivity contribution >= 4 is 17.2 Å². The Balaban J connectivity index is 1.81. The summed E-state index contributed by atoms with van der Waals surface area (Å²) < 4.78 is 0. The van der Waals surface area contributed by atoms with E-state index in [1.165, 1.54) is 11.3 Å². The molecule has 1 amide bonds. The Kier molecular flexibility index (Phi) is 3.84. The first kappa shape index (κ1) is 11.7. The fraction of sp³-hybridized carbons (Fsp3) is 0.300. The molecule has 2 heterocycles. The number of carbonyl (C=O) groups is 1. The second-order valence-corrected chi connectivity index (χ2v) is 4.32. The smallest absolute Gasteiger partial charge is 0.270 e. The lowest BCUT2D eigenvalue weighted by atomic mass is 10.4. The molecule has 6 nitrogen and oxygen atoms in total. The summed E-state index contributed by atoms with van der Waals surface area (Å²) >= 11 is 1.39. The van der Waals surface area contributed by atoms with Gasteiger partial charge in [-0.3, -0.25) is 4.79 Å². The molecule has 2 rings (SSSR count). The van der Waals surface area contributed by atoms with Crippen LogP contribution in [0.1, 0.15) is 21.3 Å². The molecule has 0 aromatic carbocycles. The highest BCUT2D eigenvalue weighted by Gasteiger charge is 2.09. The Morgan fingerprint density at radius 2 is 2.47 bits per heavy atom. The number of aromatic nitrogens is 3. The summed E-state index contributed by atoms with van der Waals surface area (Å²) in [6, 6.07) is 0. The predicted octanol–water partition coefficient (Wildman–Crippen LogP) is 0.297. The summed E-state index contributed by atoms with van der Waals surface area (Å²) in [6.07, 6.45) is 4.11. The van der Waals surface area contributed by atoms with Crippen molar-refractivity contribution in [3.05, 3.63) is 34.3 Å². The molecular weight excluding hydrogens is 238 g/mol. The molecule has 7 heteroatoms. The van der Waals surface area contributed by atoms with E-state index >= 15 is 0 Å². The molecule has 0 bridgehead atoms. The second-order valence-electron chi connectivity index (χ2n) is 3.37. The molecule has 4 N–H and O–H groups in total. The number of hydrogen-bond acceptors (Lipinski definition) is 5. The normalized spacial score (nSPS) is 10.4. The third-order valence-corrected chi connectivity index (χ3v) is 3.03. The van der Waals surface area contributed by atoms with Crippen molar-refractivity contribution in [1.29, 1.82) is 0 Å². The number of nitrogens with one attached hydrogen (secondary N) is 2. The SMILES string of the molecule is NCc1nc(C(=O)NCCc2ncc[nH]2)cs1. The molecule has 2 aromatic heterocycles. The van der Waals surface area contributed by atoms with Gasteiger partial charge in [0.2, 0.25) is 0 Å². The highest BCUT2D eigenvalue weighted by molar-refractivity contribution is 7.09. The number of hydrogen-bond donors (Lipinski definition) is 3. The van der Waals surface area contributed by atoms with E-state index in [9.17, 15) is 4.79 Å². The zero-order valence-electron chi connectivity index (χ0n) is 9.14. The van der Waals surface area contributed by atoms with Crippen LogP contribution in [-0.2, 0) is 13.0 Å². The third kappa shape index (κ3) is 3.11. The summed E-state index contributed by atoms with van der Waals surface area (Å²) in [4.78, 5) is 22.8. The lowest BCUT2D eigenvalue weighted by molar-refractivity contribution is 0.0949. The van der Waals surface area contributed by atoms with Gasteiger partial charge in [-0.1, -0.05) is 0 Å². The van der Waals surface area contributed by atoms with Gasteiger partial charge in [0.05, 0.1) is 0 Å². The van der Waals surface area contributed by atoms with E-state index in [2.05, 4.69) is 20.3 Å². The van der Waals surface area contributed by atoms with Gasteiger partial charge in [0.15, 0.2) is 0 Å². The van der Waals surface area contributed by atoms with Crippen LogP contribution in [0.5, 0.6) is 0 Å². The molecule has 0 aliphatic carbocycles. The number of carbonyl (C=O) groups excluding carboxylic acids is 1. The van der Waals surface area contributed by atoms with Crippen molar-refractivity contribution in [1.82, 2.24) is 20.3 Å². The Hall–Kier alpha value is -1.73. The monoisotopic (exact) mass is 251 g/mol. The fourth-order valence-corrected chi connectivity index (χ4v) is 1.98. The van der Waals surface area contributed by atoms with Crippen LogP contribution in [-0.4, -0.2) is 27.4 Å². The molecule has 0 aliphatic rings. The fourth-order valence-electron chi connectivity index (χ4n) is 1.33. The lowest BCUT2D eigenvalue weighted by Crippen LogP contribution is -2.26. The number of aromatic amines is 1. The Bertz CT molecular complexity index is 479. The van der Waals surface area contributed by atoms with Crippen molar-refractivity contribution in [3.8, 4) is 0 Å². The van der Waals surface area contributed by atoms with E-state index in [0.29, 0.717) is 25.2 Å². The van der Waals surface area contributed by atoms with Crippen LogP contribution in [0.25, 0.3) is 0 Å². The highest BCUT2D eigenvalue weighted by Crippen LogP contribution is 2.08. The van der Waals surface area contributed by atoms with E-state index in [0.717, 1.165) is 10.8 Å². The van der Waals surface area contributed by atoms with Crippen LogP contribution in [0.15, 0.2) is 17.8 Å². The minimum Gasteiger partial charge on any atom is -0.350 e. The van der Waals surface area contributed by atoms with Crippen molar-refractivity contribution in [3.63, 3.8) is 0 Å². The minimum absolute atomic E-state index is 0.174. The number of nitrogens with zero attached hydrogens (tertiary/aromatic N) is 2. The summed E-state index contributed by atoms with van der Waals surface area (Å²) in [6.45, 7) is 0.895. The van der Waals surface area contributed by atoms with Gasteiger partial charge in [0.25, 0.3) is 5.91 Å². The van der Waals surface area contributed by atoms with Gasteiger partial charge in [-0.05, 0) is 0 Å². The average Bonchev–Trinajstić information content (AvgIpc) is 2.99. The van der Waals surface area contributed by atoms with Crippen LogP contribution in [0.2, 0.25) is 0 Å². The largest absolute Gasteiger partial charge is 0.350 e. The molecule has 0 radical (unpaired) electrons. The predicted molar refractivity (Wildman–Crippen MR) is 64.6 cm³/mol. The summed E-state index contributed by atoms with van der Waals surface area (Å²) in [7, 11) is 0. The molecule has 0 spiro atoms. The molecule has 0 fully saturated rings. The van der Waals surface area contributed by atoms with Crippen molar-refractivity contribution in [2.24, 2.45) is 5.73 Å². The number of rotatable bonds is 5. The maximum absolute atomic E-state index is 11.7. The quantitative estimate of drug-likeness (QED) is 0.712. The first-order chi connectivity index (χ1) is 8.29. The Morgan fingerprint density at radius 1 is 1.59 bits per heavy atom. The molecule has 0 atom stereocenters. The zero-order chi connectivity index (χ0) is 12.1. The second kappa shape index (κ2) is 5.55. The van der Waals surface area contributed by atoms with Crippen LogP contribution in [0.4, 0.5) is 0 Å². The molecule has 0 unspecified atom stereocenters. The van der Waals surface area contributed by atoms with Crippen molar-refractivity contribution in [2.75, 3.05) is 6.54 Å². The maximum atomic E-state index is 11.7. The van der Waals surface area contributed by atoms with E-state index < -0.39 is 0 Å². The Morgan fingerprint density at radius 3 is 3.12 bits per heavy atom. The van der Waals surface area contributed by atoms with Crippen LogP contribution in [0, 0.1) is 0 Å². The number of nitrogens with two attached hydrogens (primary N) is 1. The van der Waals surface area contributed by atoms with E-state index in [1.54, 1.807) is 17.8 Å². The lowest BCUT2D eigenvalue weighted by Gasteiger charge is -2.00. The van der Waals surface area contributed by atoms with Crippen LogP contribution < -0.4 is 11.1 Å². The van der Waals surface area contributed by atoms with Gasteiger partial charge >= 0.3 is 0 Å². The van der Waals surface area contributed by atoms with Gasteiger partial charge in [-0.15, -0.1) is 11.3 Å². The highest BCUT2D eigenvalue weighted by atomic mass is 32.1.